The molecule has 4 aromatic rings. The maximum absolute atomic E-state index is 13.0. The smallest absolute Gasteiger partial charge is 0.260 e. The van der Waals surface area contributed by atoms with Gasteiger partial charge in [-0.2, -0.15) is 0 Å². The topological polar surface area (TPSA) is 67.0 Å². The Labute approximate surface area is 190 Å². The zero-order chi connectivity index (χ0) is 21.8. The van der Waals surface area contributed by atoms with Gasteiger partial charge >= 0.3 is 0 Å². The van der Waals surface area contributed by atoms with Crippen LogP contribution in [0.25, 0.3) is 33.5 Å². The van der Waals surface area contributed by atoms with E-state index in [2.05, 4.69) is 27.4 Å². The first-order chi connectivity index (χ1) is 15.8. The highest BCUT2D eigenvalue weighted by molar-refractivity contribution is 7.13. The van der Waals surface area contributed by atoms with Gasteiger partial charge < -0.3 is 15.0 Å². The minimum Gasteiger partial charge on any atom is -0.492 e. The number of pyridine rings is 2. The summed E-state index contributed by atoms with van der Waals surface area (Å²) in [5.74, 6) is 1.18. The summed E-state index contributed by atoms with van der Waals surface area (Å²) in [5, 5.41) is 6.31. The van der Waals surface area contributed by atoms with Crippen LogP contribution in [0.4, 0.5) is 0 Å². The minimum absolute atomic E-state index is 0.112. The van der Waals surface area contributed by atoms with Gasteiger partial charge in [0.05, 0.1) is 17.7 Å². The minimum atomic E-state index is -0.112. The van der Waals surface area contributed by atoms with E-state index in [1.807, 2.05) is 54.1 Å². The molecule has 0 radical (unpaired) electrons. The van der Waals surface area contributed by atoms with E-state index in [-0.39, 0.29) is 5.56 Å². The van der Waals surface area contributed by atoms with Gasteiger partial charge in [-0.15, -0.1) is 11.3 Å². The van der Waals surface area contributed by atoms with Gasteiger partial charge in [-0.25, -0.2) is 0 Å². The molecule has 4 heterocycles. The highest BCUT2D eigenvalue weighted by atomic mass is 32.1. The molecule has 162 valence electrons. The average Bonchev–Trinajstić information content (AvgIpc) is 3.37. The fourth-order valence-corrected chi connectivity index (χ4v) is 4.86. The molecule has 0 atom stereocenters. The van der Waals surface area contributed by atoms with Crippen molar-refractivity contribution in [2.75, 3.05) is 19.7 Å². The number of aromatic nitrogens is 2. The average molecular weight is 444 g/mol. The predicted octanol–water partition coefficient (Wildman–Crippen LogP) is 5.20. The normalized spacial score (nSPS) is 14.9. The van der Waals surface area contributed by atoms with Crippen LogP contribution in [0.3, 0.4) is 0 Å². The number of aromatic amines is 1. The van der Waals surface area contributed by atoms with Crippen LogP contribution in [0, 0.1) is 5.92 Å². The monoisotopic (exact) mass is 443 g/mol. The zero-order valence-electron chi connectivity index (χ0n) is 17.7. The van der Waals surface area contributed by atoms with E-state index in [1.54, 1.807) is 17.5 Å². The van der Waals surface area contributed by atoms with Crippen LogP contribution in [-0.2, 0) is 0 Å². The third-order valence-electron chi connectivity index (χ3n) is 5.83. The summed E-state index contributed by atoms with van der Waals surface area (Å²) in [6.45, 7) is 2.66. The largest absolute Gasteiger partial charge is 0.492 e. The lowest BCUT2D eigenvalue weighted by Gasteiger charge is -2.23. The van der Waals surface area contributed by atoms with Crippen molar-refractivity contribution in [2.45, 2.75) is 12.8 Å². The first-order valence-electron chi connectivity index (χ1n) is 10.9. The third-order valence-corrected chi connectivity index (χ3v) is 6.72. The van der Waals surface area contributed by atoms with Gasteiger partial charge in [-0.3, -0.25) is 9.78 Å². The Morgan fingerprint density at radius 1 is 1.09 bits per heavy atom. The van der Waals surface area contributed by atoms with Gasteiger partial charge in [0.1, 0.15) is 5.75 Å². The molecule has 0 amide bonds. The van der Waals surface area contributed by atoms with Crippen molar-refractivity contribution in [3.05, 3.63) is 81.7 Å². The summed E-state index contributed by atoms with van der Waals surface area (Å²) >= 11 is 1.56. The van der Waals surface area contributed by atoms with E-state index in [9.17, 15) is 4.79 Å². The molecular formula is C26H25N3O2S. The molecule has 5 nitrogen and oxygen atoms in total. The Morgan fingerprint density at radius 3 is 2.75 bits per heavy atom. The molecule has 0 saturated carbocycles. The molecule has 2 N–H and O–H groups in total. The Hall–Kier alpha value is -3.22. The molecular weight excluding hydrogens is 418 g/mol. The number of piperidine rings is 1. The molecule has 0 unspecified atom stereocenters. The molecule has 0 aliphatic carbocycles. The fourth-order valence-electron chi connectivity index (χ4n) is 4.10. The molecule has 32 heavy (non-hydrogen) atoms. The van der Waals surface area contributed by atoms with Crippen LogP contribution in [0.2, 0.25) is 0 Å². The van der Waals surface area contributed by atoms with Gasteiger partial charge in [0.2, 0.25) is 0 Å². The molecule has 1 fully saturated rings. The van der Waals surface area contributed by atoms with E-state index in [0.29, 0.717) is 23.8 Å². The van der Waals surface area contributed by atoms with E-state index in [1.165, 1.54) is 0 Å². The Morgan fingerprint density at radius 2 is 1.97 bits per heavy atom. The summed E-state index contributed by atoms with van der Waals surface area (Å²) in [6.07, 6.45) is 9.88. The number of nitrogens with zero attached hydrogens (tertiary/aromatic N) is 1. The van der Waals surface area contributed by atoms with Gasteiger partial charge in [-0.1, -0.05) is 30.4 Å². The van der Waals surface area contributed by atoms with Crippen molar-refractivity contribution in [2.24, 2.45) is 5.92 Å². The highest BCUT2D eigenvalue weighted by Gasteiger charge is 2.20. The number of H-pyrrole nitrogens is 1. The lowest BCUT2D eigenvalue weighted by molar-refractivity contribution is 0.217. The standard InChI is InChI=1S/C26H25N3O2S/c30-26-24(23-4-2-14-32-23)25(31-17-20-9-12-27-13-10-20)21-15-18(7-8-22(21)29-26)5-6-19-3-1-11-28-16-19/h1-8,11,14-16,20,27H,9-10,12-13,17H2,(H,29,30). The summed E-state index contributed by atoms with van der Waals surface area (Å²) in [7, 11) is 0. The molecule has 3 aromatic heterocycles. The quantitative estimate of drug-likeness (QED) is 0.430. The van der Waals surface area contributed by atoms with Gasteiger partial charge in [0, 0.05) is 22.7 Å². The Bertz CT molecular complexity index is 1270. The van der Waals surface area contributed by atoms with Crippen LogP contribution < -0.4 is 15.6 Å². The third kappa shape index (κ3) is 4.52. The van der Waals surface area contributed by atoms with Crippen LogP contribution in [0.5, 0.6) is 5.75 Å². The molecule has 5 rings (SSSR count). The molecule has 0 spiro atoms. The van der Waals surface area contributed by atoms with E-state index in [4.69, 9.17) is 4.74 Å². The van der Waals surface area contributed by atoms with Crippen molar-refractivity contribution in [3.8, 4) is 16.2 Å². The number of thiophene rings is 1. The maximum Gasteiger partial charge on any atom is 0.260 e. The van der Waals surface area contributed by atoms with Gasteiger partial charge in [0.15, 0.2) is 0 Å². The number of nitrogens with one attached hydrogen (secondary N) is 2. The number of hydrogen-bond donors (Lipinski definition) is 2. The van der Waals surface area contributed by atoms with Crippen LogP contribution in [0.1, 0.15) is 24.0 Å². The number of benzene rings is 1. The van der Waals surface area contributed by atoms with Crippen molar-refractivity contribution in [3.63, 3.8) is 0 Å². The summed E-state index contributed by atoms with van der Waals surface area (Å²) in [4.78, 5) is 21.2. The molecule has 1 aliphatic rings. The predicted molar refractivity (Wildman–Crippen MR) is 132 cm³/mol. The molecule has 6 heteroatoms. The van der Waals surface area contributed by atoms with Gasteiger partial charge in [-0.05, 0) is 72.6 Å². The van der Waals surface area contributed by atoms with Crippen LogP contribution in [0.15, 0.2) is 65.0 Å². The van der Waals surface area contributed by atoms with Crippen LogP contribution >= 0.6 is 11.3 Å². The fraction of sp³-hybridized carbons (Fsp3) is 0.231. The van der Waals surface area contributed by atoms with Crippen molar-refractivity contribution in [1.29, 1.82) is 0 Å². The van der Waals surface area contributed by atoms with Crippen molar-refractivity contribution in [1.82, 2.24) is 15.3 Å². The molecule has 1 saturated heterocycles. The van der Waals surface area contributed by atoms with Crippen molar-refractivity contribution < 1.29 is 4.74 Å². The SMILES string of the molecule is O=c1[nH]c2ccc(C=Cc3cccnc3)cc2c(OCC2CCNCC2)c1-c1cccs1. The maximum atomic E-state index is 13.0. The zero-order valence-corrected chi connectivity index (χ0v) is 18.5. The second-order valence-corrected chi connectivity index (χ2v) is 9.01. The van der Waals surface area contributed by atoms with E-state index in [0.717, 1.165) is 52.8 Å². The highest BCUT2D eigenvalue weighted by Crippen LogP contribution is 2.36. The second kappa shape index (κ2) is 9.51. The lowest BCUT2D eigenvalue weighted by atomic mass is 9.99. The number of fused-ring (bicyclic) bond motifs is 1. The molecule has 0 bridgehead atoms. The first kappa shape index (κ1) is 20.7. The van der Waals surface area contributed by atoms with E-state index < -0.39 is 0 Å². The molecule has 1 aliphatic heterocycles. The Balaban J connectivity index is 1.57. The van der Waals surface area contributed by atoms with E-state index >= 15 is 0 Å². The second-order valence-electron chi connectivity index (χ2n) is 8.06. The Kier molecular flexibility index (Phi) is 6.14. The van der Waals surface area contributed by atoms with Gasteiger partial charge in [0.25, 0.3) is 5.56 Å². The van der Waals surface area contributed by atoms with Crippen molar-refractivity contribution >= 4 is 34.4 Å². The molecule has 1 aromatic carbocycles. The number of rotatable bonds is 6. The summed E-state index contributed by atoms with van der Waals surface area (Å²) < 4.78 is 6.44. The number of ether oxygens (including phenoxy) is 1. The summed E-state index contributed by atoms with van der Waals surface area (Å²) in [6, 6.07) is 13.9. The number of hydrogen-bond acceptors (Lipinski definition) is 5. The summed E-state index contributed by atoms with van der Waals surface area (Å²) in [5.41, 5.74) is 3.37. The first-order valence-corrected chi connectivity index (χ1v) is 11.8. The lowest BCUT2D eigenvalue weighted by Crippen LogP contribution is -2.30. The van der Waals surface area contributed by atoms with Crippen LogP contribution in [-0.4, -0.2) is 29.7 Å².